The van der Waals surface area contributed by atoms with E-state index < -0.39 is 0 Å². The van der Waals surface area contributed by atoms with Crippen LogP contribution in [0.15, 0.2) is 24.3 Å². The predicted molar refractivity (Wildman–Crippen MR) is 105 cm³/mol. The number of nitrogens with zero attached hydrogens (tertiary/aromatic N) is 2. The van der Waals surface area contributed by atoms with Crippen LogP contribution in [0, 0.1) is 13.8 Å². The van der Waals surface area contributed by atoms with E-state index in [4.69, 9.17) is 19.7 Å². The van der Waals surface area contributed by atoms with Crippen LogP contribution in [0.4, 0.5) is 0 Å². The molecule has 2 aromatic heterocycles. The highest BCUT2D eigenvalue weighted by Gasteiger charge is 2.08. The second kappa shape index (κ2) is 7.35. The van der Waals surface area contributed by atoms with E-state index in [1.807, 2.05) is 26.0 Å². The Morgan fingerprint density at radius 3 is 1.77 bits per heavy atom. The molecule has 2 aromatic carbocycles. The molecule has 0 radical (unpaired) electrons. The van der Waals surface area contributed by atoms with Crippen LogP contribution < -0.4 is 9.47 Å². The number of thiazole rings is 2. The summed E-state index contributed by atoms with van der Waals surface area (Å²) in [7, 11) is 3.26. The smallest absolute Gasteiger partial charge is 0.162 e. The number of aryl methyl sites for hydroxylation is 2. The normalized spacial score (nSPS) is 10.6. The van der Waals surface area contributed by atoms with Crippen molar-refractivity contribution in [1.29, 1.82) is 0 Å². The van der Waals surface area contributed by atoms with Crippen molar-refractivity contribution in [1.82, 2.24) is 9.97 Å². The number of benzene rings is 2. The lowest BCUT2D eigenvalue weighted by Crippen LogP contribution is -1.89. The lowest BCUT2D eigenvalue weighted by molar-refractivity contribution is 0.356. The van der Waals surface area contributed by atoms with Crippen molar-refractivity contribution < 1.29 is 19.7 Å². The van der Waals surface area contributed by atoms with Gasteiger partial charge in [0.05, 0.1) is 44.7 Å². The summed E-state index contributed by atoms with van der Waals surface area (Å²) in [5.41, 5.74) is 1.69. The van der Waals surface area contributed by atoms with Crippen LogP contribution in [0.5, 0.6) is 23.0 Å². The molecule has 8 heteroatoms. The summed E-state index contributed by atoms with van der Waals surface area (Å²) in [5.74, 6) is 1.27. The van der Waals surface area contributed by atoms with Gasteiger partial charge in [0.15, 0.2) is 23.0 Å². The van der Waals surface area contributed by atoms with E-state index in [9.17, 15) is 0 Å². The Balaban J connectivity index is 0.000000152. The molecule has 4 rings (SSSR count). The molecule has 0 atom stereocenters. The number of aromatic nitrogens is 2. The molecule has 26 heavy (non-hydrogen) atoms. The Hall–Kier alpha value is -2.58. The first-order valence-electron chi connectivity index (χ1n) is 7.69. The molecule has 0 spiro atoms. The zero-order valence-electron chi connectivity index (χ0n) is 14.7. The maximum atomic E-state index is 9.16. The molecule has 6 nitrogen and oxygen atoms in total. The van der Waals surface area contributed by atoms with Gasteiger partial charge in [-0.05, 0) is 13.8 Å². The maximum absolute atomic E-state index is 9.16. The Kier molecular flexibility index (Phi) is 5.15. The van der Waals surface area contributed by atoms with Gasteiger partial charge in [0.25, 0.3) is 0 Å². The summed E-state index contributed by atoms with van der Waals surface area (Å²) in [4.78, 5) is 8.54. The summed E-state index contributed by atoms with van der Waals surface area (Å²) in [6, 6.07) is 6.85. The van der Waals surface area contributed by atoms with Crippen LogP contribution in [-0.2, 0) is 0 Å². The van der Waals surface area contributed by atoms with Crippen LogP contribution >= 0.6 is 22.7 Å². The molecule has 0 saturated carbocycles. The van der Waals surface area contributed by atoms with Crippen molar-refractivity contribution in [2.45, 2.75) is 13.8 Å². The van der Waals surface area contributed by atoms with Gasteiger partial charge < -0.3 is 19.7 Å². The number of ether oxygens (including phenoxy) is 2. The highest BCUT2D eigenvalue weighted by Crippen LogP contribution is 2.34. The Bertz CT molecular complexity index is 992. The number of phenols is 2. The third kappa shape index (κ3) is 3.66. The summed E-state index contributed by atoms with van der Waals surface area (Å²) >= 11 is 3.15. The first kappa shape index (κ1) is 18.2. The van der Waals surface area contributed by atoms with Crippen molar-refractivity contribution in [2.75, 3.05) is 14.2 Å². The van der Waals surface area contributed by atoms with Crippen LogP contribution in [0.25, 0.3) is 20.4 Å². The average molecular weight is 390 g/mol. The first-order chi connectivity index (χ1) is 12.4. The average Bonchev–Trinajstić information content (AvgIpc) is 3.14. The lowest BCUT2D eigenvalue weighted by Gasteiger charge is -2.05. The SMILES string of the molecule is COc1cc2nc(C)sc2cc1OC.Cc1nc2cc(O)c(O)cc2s1. The van der Waals surface area contributed by atoms with Crippen molar-refractivity contribution in [3.8, 4) is 23.0 Å². The molecule has 136 valence electrons. The molecule has 0 aliphatic heterocycles. The van der Waals surface area contributed by atoms with Gasteiger partial charge in [-0.1, -0.05) is 0 Å². The van der Waals surface area contributed by atoms with Crippen LogP contribution in [-0.4, -0.2) is 34.4 Å². The quantitative estimate of drug-likeness (QED) is 0.485. The van der Waals surface area contributed by atoms with Crippen LogP contribution in [0.3, 0.4) is 0 Å². The number of fused-ring (bicyclic) bond motifs is 2. The molecule has 2 N–H and O–H groups in total. The first-order valence-corrected chi connectivity index (χ1v) is 9.33. The fourth-order valence-corrected chi connectivity index (χ4v) is 4.12. The number of rotatable bonds is 2. The summed E-state index contributed by atoms with van der Waals surface area (Å²) in [6.07, 6.45) is 0. The van der Waals surface area contributed by atoms with Gasteiger partial charge in [-0.3, -0.25) is 0 Å². The van der Waals surface area contributed by atoms with Gasteiger partial charge in [0.2, 0.25) is 0 Å². The molecule has 0 bridgehead atoms. The zero-order chi connectivity index (χ0) is 18.8. The van der Waals surface area contributed by atoms with Gasteiger partial charge in [-0.2, -0.15) is 0 Å². The maximum Gasteiger partial charge on any atom is 0.162 e. The van der Waals surface area contributed by atoms with Gasteiger partial charge in [-0.25, -0.2) is 9.97 Å². The number of methoxy groups -OCH3 is 2. The van der Waals surface area contributed by atoms with Gasteiger partial charge in [0.1, 0.15) is 0 Å². The van der Waals surface area contributed by atoms with E-state index in [1.54, 1.807) is 25.6 Å². The fourth-order valence-electron chi connectivity index (χ4n) is 2.44. The van der Waals surface area contributed by atoms with Crippen molar-refractivity contribution in [3.63, 3.8) is 0 Å². The third-order valence-corrected chi connectivity index (χ3v) is 5.46. The zero-order valence-corrected chi connectivity index (χ0v) is 16.4. The Labute approximate surface area is 158 Å². The van der Waals surface area contributed by atoms with E-state index in [2.05, 4.69) is 9.97 Å². The van der Waals surface area contributed by atoms with Crippen LogP contribution in [0.2, 0.25) is 0 Å². The molecule has 0 amide bonds. The molecular weight excluding hydrogens is 372 g/mol. The van der Waals surface area contributed by atoms with Crippen molar-refractivity contribution >= 4 is 43.1 Å². The second-order valence-electron chi connectivity index (χ2n) is 5.45. The minimum Gasteiger partial charge on any atom is -0.504 e. The van der Waals surface area contributed by atoms with Crippen molar-refractivity contribution in [2.24, 2.45) is 0 Å². The number of aromatic hydroxyl groups is 2. The molecule has 0 saturated heterocycles. The molecule has 0 unspecified atom stereocenters. The summed E-state index contributed by atoms with van der Waals surface area (Å²) in [5, 5.41) is 20.3. The van der Waals surface area contributed by atoms with E-state index >= 15 is 0 Å². The van der Waals surface area contributed by atoms with Gasteiger partial charge >= 0.3 is 0 Å². The van der Waals surface area contributed by atoms with Crippen LogP contribution in [0.1, 0.15) is 10.0 Å². The molecule has 0 fully saturated rings. The number of hydrogen-bond donors (Lipinski definition) is 2. The van der Waals surface area contributed by atoms with E-state index in [-0.39, 0.29) is 11.5 Å². The number of hydrogen-bond acceptors (Lipinski definition) is 8. The minimum atomic E-state index is -0.118. The largest absolute Gasteiger partial charge is 0.504 e. The predicted octanol–water partition coefficient (Wildman–Crippen LogP) is 4.64. The Morgan fingerprint density at radius 2 is 1.19 bits per heavy atom. The lowest BCUT2D eigenvalue weighted by atomic mass is 10.3. The highest BCUT2D eigenvalue weighted by molar-refractivity contribution is 7.18. The molecule has 4 aromatic rings. The molecular formula is C18H18N2O4S2. The molecule has 0 aliphatic carbocycles. The van der Waals surface area contributed by atoms with Crippen molar-refractivity contribution in [3.05, 3.63) is 34.3 Å². The van der Waals surface area contributed by atoms with E-state index in [0.717, 1.165) is 41.9 Å². The highest BCUT2D eigenvalue weighted by atomic mass is 32.1. The molecule has 0 aliphatic rings. The monoisotopic (exact) mass is 390 g/mol. The summed E-state index contributed by atoms with van der Waals surface area (Å²) in [6.45, 7) is 3.88. The standard InChI is InChI=1S/C10H11NO2S.C8H7NO2S/c1-6-11-7-4-8(12-2)9(13-3)5-10(7)14-6;1-4-9-5-2-6(10)7(11)3-8(5)12-4/h4-5H,1-3H3;2-3,10-11H,1H3. The van der Waals surface area contributed by atoms with Gasteiger partial charge in [0, 0.05) is 24.3 Å². The van der Waals surface area contributed by atoms with Gasteiger partial charge in [-0.15, -0.1) is 22.7 Å². The summed E-state index contributed by atoms with van der Waals surface area (Å²) < 4.78 is 12.4. The van der Waals surface area contributed by atoms with E-state index in [1.165, 1.54) is 23.5 Å². The second-order valence-corrected chi connectivity index (χ2v) is 7.92. The van der Waals surface area contributed by atoms with E-state index in [0.29, 0.717) is 0 Å². The Morgan fingerprint density at radius 1 is 0.731 bits per heavy atom. The third-order valence-electron chi connectivity index (χ3n) is 3.59. The molecule has 2 heterocycles. The fraction of sp³-hybridized carbons (Fsp3) is 0.222. The minimum absolute atomic E-state index is 0.0915. The topological polar surface area (TPSA) is 84.7 Å². The number of phenolic OH excluding ortho intramolecular Hbond substituents is 2.